The van der Waals surface area contributed by atoms with E-state index >= 15 is 0 Å². The number of hydrogen-bond donors (Lipinski definition) is 0. The molecule has 11 heavy (non-hydrogen) atoms. The molecule has 1 unspecified atom stereocenters. The van der Waals surface area contributed by atoms with Crippen molar-refractivity contribution < 1.29 is 4.74 Å². The first kappa shape index (κ1) is 6.86. The van der Waals surface area contributed by atoms with E-state index in [-0.39, 0.29) is 0 Å². The van der Waals surface area contributed by atoms with Crippen LogP contribution in [0.3, 0.4) is 0 Å². The van der Waals surface area contributed by atoms with Crippen LogP contribution in [-0.2, 0) is 11.2 Å². The summed E-state index contributed by atoms with van der Waals surface area (Å²) in [6, 6.07) is 8.53. The van der Waals surface area contributed by atoms with E-state index in [4.69, 9.17) is 4.74 Å². The zero-order valence-electron chi connectivity index (χ0n) is 6.71. The van der Waals surface area contributed by atoms with Gasteiger partial charge in [0.2, 0.25) is 0 Å². The fourth-order valence-corrected chi connectivity index (χ4v) is 1.76. The van der Waals surface area contributed by atoms with Crippen LogP contribution < -0.4 is 0 Å². The third-order valence-corrected chi connectivity index (χ3v) is 2.36. The summed E-state index contributed by atoms with van der Waals surface area (Å²) in [5.41, 5.74) is 2.84. The number of hydrogen-bond acceptors (Lipinski definition) is 1. The van der Waals surface area contributed by atoms with Gasteiger partial charge >= 0.3 is 0 Å². The molecule has 0 spiro atoms. The molecular formula is C10H12O. The minimum Gasteiger partial charge on any atom is -0.377 e. The minimum absolute atomic E-state index is 0.353. The van der Waals surface area contributed by atoms with Crippen LogP contribution in [0.4, 0.5) is 0 Å². The van der Waals surface area contributed by atoms with Crippen molar-refractivity contribution in [1.29, 1.82) is 0 Å². The van der Waals surface area contributed by atoms with Crippen LogP contribution in [0.1, 0.15) is 23.7 Å². The molecule has 0 fully saturated rings. The third-order valence-electron chi connectivity index (χ3n) is 2.36. The highest BCUT2D eigenvalue weighted by atomic mass is 16.5. The van der Waals surface area contributed by atoms with E-state index in [1.807, 2.05) is 0 Å². The number of methoxy groups -OCH3 is 1. The van der Waals surface area contributed by atoms with Crippen LogP contribution in [0.15, 0.2) is 24.3 Å². The summed E-state index contributed by atoms with van der Waals surface area (Å²) < 4.78 is 5.34. The molecule has 0 radical (unpaired) electrons. The van der Waals surface area contributed by atoms with Gasteiger partial charge < -0.3 is 4.74 Å². The predicted octanol–water partition coefficient (Wildman–Crippen LogP) is 2.32. The van der Waals surface area contributed by atoms with Gasteiger partial charge in [0.1, 0.15) is 0 Å². The Bertz CT molecular complexity index is 255. The molecule has 0 N–H and O–H groups in total. The molecule has 1 heteroatoms. The van der Waals surface area contributed by atoms with E-state index in [0.29, 0.717) is 6.10 Å². The second kappa shape index (κ2) is 2.67. The summed E-state index contributed by atoms with van der Waals surface area (Å²) >= 11 is 0. The molecule has 0 bridgehead atoms. The molecule has 1 aromatic rings. The molecule has 1 atom stereocenters. The van der Waals surface area contributed by atoms with Gasteiger partial charge in [0.25, 0.3) is 0 Å². The summed E-state index contributed by atoms with van der Waals surface area (Å²) in [6.07, 6.45) is 2.68. The number of aryl methyl sites for hydroxylation is 1. The number of rotatable bonds is 1. The molecule has 0 saturated carbocycles. The lowest BCUT2D eigenvalue weighted by Crippen LogP contribution is -1.94. The van der Waals surface area contributed by atoms with Crippen LogP contribution in [0.2, 0.25) is 0 Å². The smallest absolute Gasteiger partial charge is 0.0827 e. The van der Waals surface area contributed by atoms with E-state index < -0.39 is 0 Å². The van der Waals surface area contributed by atoms with Crippen LogP contribution in [0.25, 0.3) is 0 Å². The standard InChI is InChI=1S/C10H12O/c1-11-10-7-6-8-4-2-3-5-9(8)10/h2-5,10H,6-7H2,1H3. The molecule has 0 saturated heterocycles. The fraction of sp³-hybridized carbons (Fsp3) is 0.400. The van der Waals surface area contributed by atoms with Crippen molar-refractivity contribution in [3.8, 4) is 0 Å². The summed E-state index contributed by atoms with van der Waals surface area (Å²) in [5.74, 6) is 0. The fourth-order valence-electron chi connectivity index (χ4n) is 1.76. The van der Waals surface area contributed by atoms with Crippen molar-refractivity contribution in [1.82, 2.24) is 0 Å². The van der Waals surface area contributed by atoms with Crippen LogP contribution in [0, 0.1) is 0 Å². The molecule has 2 rings (SSSR count). The van der Waals surface area contributed by atoms with Gasteiger partial charge in [-0.3, -0.25) is 0 Å². The Hall–Kier alpha value is -0.820. The van der Waals surface area contributed by atoms with Gasteiger partial charge in [-0.2, -0.15) is 0 Å². The molecule has 58 valence electrons. The largest absolute Gasteiger partial charge is 0.377 e. The normalized spacial score (nSPS) is 21.7. The summed E-state index contributed by atoms with van der Waals surface area (Å²) in [7, 11) is 1.78. The molecule has 1 nitrogen and oxygen atoms in total. The topological polar surface area (TPSA) is 9.23 Å². The predicted molar refractivity (Wildman–Crippen MR) is 44.5 cm³/mol. The number of fused-ring (bicyclic) bond motifs is 1. The number of benzene rings is 1. The van der Waals surface area contributed by atoms with Gasteiger partial charge in [-0.25, -0.2) is 0 Å². The molecule has 0 aliphatic heterocycles. The Morgan fingerprint density at radius 3 is 3.00 bits per heavy atom. The van der Waals surface area contributed by atoms with E-state index in [9.17, 15) is 0 Å². The SMILES string of the molecule is COC1CCc2ccccc21. The van der Waals surface area contributed by atoms with E-state index in [0.717, 1.165) is 6.42 Å². The maximum atomic E-state index is 5.34. The average Bonchev–Trinajstić information content (AvgIpc) is 2.47. The van der Waals surface area contributed by atoms with Crippen molar-refractivity contribution in [3.05, 3.63) is 35.4 Å². The van der Waals surface area contributed by atoms with Gasteiger partial charge in [0.05, 0.1) is 6.10 Å². The van der Waals surface area contributed by atoms with Gasteiger partial charge in [0, 0.05) is 7.11 Å². The van der Waals surface area contributed by atoms with Crippen molar-refractivity contribution in [2.45, 2.75) is 18.9 Å². The summed E-state index contributed by atoms with van der Waals surface area (Å²) in [6.45, 7) is 0. The zero-order valence-corrected chi connectivity index (χ0v) is 6.71. The van der Waals surface area contributed by atoms with Crippen molar-refractivity contribution >= 4 is 0 Å². The maximum absolute atomic E-state index is 5.34. The highest BCUT2D eigenvalue weighted by Gasteiger charge is 2.20. The Morgan fingerprint density at radius 1 is 1.36 bits per heavy atom. The van der Waals surface area contributed by atoms with E-state index in [1.54, 1.807) is 7.11 Å². The Kier molecular flexibility index (Phi) is 1.66. The highest BCUT2D eigenvalue weighted by Crippen LogP contribution is 2.32. The zero-order chi connectivity index (χ0) is 7.68. The van der Waals surface area contributed by atoms with Crippen LogP contribution in [0.5, 0.6) is 0 Å². The quantitative estimate of drug-likeness (QED) is 0.594. The Morgan fingerprint density at radius 2 is 2.18 bits per heavy atom. The molecular weight excluding hydrogens is 136 g/mol. The second-order valence-electron chi connectivity index (χ2n) is 2.96. The van der Waals surface area contributed by atoms with Crippen molar-refractivity contribution in [2.24, 2.45) is 0 Å². The van der Waals surface area contributed by atoms with Crippen LogP contribution >= 0.6 is 0 Å². The lowest BCUT2D eigenvalue weighted by molar-refractivity contribution is 0.105. The van der Waals surface area contributed by atoms with Crippen molar-refractivity contribution in [2.75, 3.05) is 7.11 Å². The summed E-state index contributed by atoms with van der Waals surface area (Å²) in [5, 5.41) is 0. The monoisotopic (exact) mass is 148 g/mol. The van der Waals surface area contributed by atoms with E-state index in [2.05, 4.69) is 24.3 Å². The molecule has 0 amide bonds. The molecule has 1 aliphatic rings. The Labute approximate surface area is 67.0 Å². The van der Waals surface area contributed by atoms with Gasteiger partial charge in [-0.05, 0) is 24.0 Å². The second-order valence-corrected chi connectivity index (χ2v) is 2.96. The van der Waals surface area contributed by atoms with Gasteiger partial charge in [-0.1, -0.05) is 24.3 Å². The molecule has 1 aliphatic carbocycles. The molecule has 0 aromatic heterocycles. The first-order chi connectivity index (χ1) is 5.42. The molecule has 0 heterocycles. The Balaban J connectivity index is 2.39. The third kappa shape index (κ3) is 1.05. The number of ether oxygens (including phenoxy) is 1. The molecule has 1 aromatic carbocycles. The first-order valence-corrected chi connectivity index (χ1v) is 4.02. The van der Waals surface area contributed by atoms with Gasteiger partial charge in [-0.15, -0.1) is 0 Å². The first-order valence-electron chi connectivity index (χ1n) is 4.02. The lowest BCUT2D eigenvalue weighted by atomic mass is 10.1. The summed E-state index contributed by atoms with van der Waals surface area (Å²) in [4.78, 5) is 0. The minimum atomic E-state index is 0.353. The van der Waals surface area contributed by atoms with E-state index in [1.165, 1.54) is 17.5 Å². The van der Waals surface area contributed by atoms with Gasteiger partial charge in [0.15, 0.2) is 0 Å². The maximum Gasteiger partial charge on any atom is 0.0827 e. The van der Waals surface area contributed by atoms with Crippen LogP contribution in [-0.4, -0.2) is 7.11 Å². The average molecular weight is 148 g/mol. The lowest BCUT2D eigenvalue weighted by Gasteiger charge is -2.07. The highest BCUT2D eigenvalue weighted by molar-refractivity contribution is 5.33. The van der Waals surface area contributed by atoms with Crippen molar-refractivity contribution in [3.63, 3.8) is 0 Å².